The number of rotatable bonds is 4. The van der Waals surface area contributed by atoms with E-state index in [0.29, 0.717) is 23.7 Å². The molecule has 3 aliphatic carbocycles. The SMILES string of the molecule is Oc1ccc2c3c1O[C@H]1c4c(c5cc(Cl)ccc5n4Cc4ccccc4)C[C@@]4(O)[C@@H](C2)N(CC2CC2)CC[C@]314. The van der Waals surface area contributed by atoms with Crippen LogP contribution in [-0.2, 0) is 24.8 Å². The van der Waals surface area contributed by atoms with E-state index >= 15 is 0 Å². The number of nitrogens with zero attached hydrogens (tertiary/aromatic N) is 2. The van der Waals surface area contributed by atoms with E-state index in [1.807, 2.05) is 12.1 Å². The Balaban J connectivity index is 1.33. The lowest BCUT2D eigenvalue weighted by molar-refractivity contribution is -0.173. The van der Waals surface area contributed by atoms with Crippen LogP contribution in [0.5, 0.6) is 11.5 Å². The zero-order valence-corrected chi connectivity index (χ0v) is 22.5. The maximum atomic E-state index is 13.1. The minimum absolute atomic E-state index is 0.0146. The highest BCUT2D eigenvalue weighted by Crippen LogP contribution is 2.69. The molecule has 2 bridgehead atoms. The number of fused-ring (bicyclic) bond motifs is 4. The van der Waals surface area contributed by atoms with E-state index < -0.39 is 11.0 Å². The van der Waals surface area contributed by atoms with Crippen LogP contribution in [0.25, 0.3) is 10.9 Å². The number of halogens is 1. The largest absolute Gasteiger partial charge is 0.504 e. The molecule has 1 saturated carbocycles. The van der Waals surface area contributed by atoms with Crippen LogP contribution in [0.3, 0.4) is 0 Å². The van der Waals surface area contributed by atoms with E-state index in [1.54, 1.807) is 6.07 Å². The van der Waals surface area contributed by atoms with Crippen molar-refractivity contribution in [3.63, 3.8) is 0 Å². The zero-order valence-electron chi connectivity index (χ0n) is 21.7. The predicted octanol–water partition coefficient (Wildman–Crippen LogP) is 5.75. The summed E-state index contributed by atoms with van der Waals surface area (Å²) in [5.74, 6) is 1.50. The van der Waals surface area contributed by atoms with Gasteiger partial charge in [-0.05, 0) is 79.1 Å². The van der Waals surface area contributed by atoms with Gasteiger partial charge in [0.15, 0.2) is 17.6 Å². The molecule has 0 unspecified atom stereocenters. The van der Waals surface area contributed by atoms with E-state index in [1.165, 1.54) is 24.0 Å². The van der Waals surface area contributed by atoms with Crippen molar-refractivity contribution < 1.29 is 14.9 Å². The molecule has 3 aromatic carbocycles. The summed E-state index contributed by atoms with van der Waals surface area (Å²) in [4.78, 5) is 2.58. The minimum atomic E-state index is -1.00. The summed E-state index contributed by atoms with van der Waals surface area (Å²) >= 11 is 6.59. The molecule has 1 aromatic heterocycles. The average molecular weight is 539 g/mol. The standard InChI is InChI=1S/C33H31ClN2O3/c34-22-9-10-25-23(15-22)24-16-33(38)27-14-21-8-11-26(37)30-28(21)32(33,12-13-35(27)17-20-6-7-20)31(39-30)29(24)36(25)18-19-4-2-1-3-5-19/h1-5,8-11,15,20,27,31,37-38H,6-7,12-14,16-18H2/t27-,31+,32+,33-/m1/s1. The number of aromatic nitrogens is 1. The Kier molecular flexibility index (Phi) is 4.44. The Morgan fingerprint density at radius 2 is 1.90 bits per heavy atom. The molecule has 5 aliphatic rings. The fraction of sp³-hybridized carbons (Fsp3) is 0.394. The molecule has 39 heavy (non-hydrogen) atoms. The molecule has 0 radical (unpaired) electrons. The van der Waals surface area contributed by atoms with E-state index in [2.05, 4.69) is 51.9 Å². The summed E-state index contributed by atoms with van der Waals surface area (Å²) in [5, 5.41) is 26.0. The molecule has 4 aromatic rings. The number of benzene rings is 3. The van der Waals surface area contributed by atoms with Gasteiger partial charge in [0.2, 0.25) is 0 Å². The second-order valence-corrected chi connectivity index (χ2v) is 13.0. The van der Waals surface area contributed by atoms with Gasteiger partial charge < -0.3 is 19.5 Å². The summed E-state index contributed by atoms with van der Waals surface area (Å²) in [6, 6.07) is 20.5. The fourth-order valence-corrected chi connectivity index (χ4v) is 8.93. The van der Waals surface area contributed by atoms with Crippen LogP contribution in [0.15, 0.2) is 60.7 Å². The minimum Gasteiger partial charge on any atom is -0.504 e. The predicted molar refractivity (Wildman–Crippen MR) is 151 cm³/mol. The van der Waals surface area contributed by atoms with Gasteiger partial charge in [0.1, 0.15) is 0 Å². The first kappa shape index (κ1) is 22.8. The molecule has 2 N–H and O–H groups in total. The number of phenolic OH excluding ortho intramolecular Hbond substituents is 1. The van der Waals surface area contributed by atoms with Gasteiger partial charge >= 0.3 is 0 Å². The molecule has 5 nitrogen and oxygen atoms in total. The Bertz CT molecular complexity index is 1680. The molecule has 0 amide bonds. The fourth-order valence-electron chi connectivity index (χ4n) is 8.76. The van der Waals surface area contributed by atoms with Gasteiger partial charge in [-0.3, -0.25) is 4.90 Å². The lowest BCUT2D eigenvalue weighted by Crippen LogP contribution is -2.74. The van der Waals surface area contributed by atoms with E-state index in [9.17, 15) is 10.2 Å². The molecule has 198 valence electrons. The van der Waals surface area contributed by atoms with Crippen LogP contribution in [0.1, 0.15) is 53.3 Å². The first-order valence-corrected chi connectivity index (χ1v) is 14.7. The molecule has 2 aliphatic heterocycles. The normalized spacial score (nSPS) is 30.2. The molecule has 3 heterocycles. The monoisotopic (exact) mass is 538 g/mol. The number of ether oxygens (including phenoxy) is 1. The number of aliphatic hydroxyl groups is 1. The molecule has 1 spiro atoms. The third-order valence-electron chi connectivity index (χ3n) is 10.6. The summed E-state index contributed by atoms with van der Waals surface area (Å²) in [6.45, 7) is 2.70. The Morgan fingerprint density at radius 1 is 1.05 bits per heavy atom. The van der Waals surface area contributed by atoms with Gasteiger partial charge in [-0.15, -0.1) is 0 Å². The van der Waals surface area contributed by atoms with Gasteiger partial charge in [-0.1, -0.05) is 48.0 Å². The van der Waals surface area contributed by atoms with Gasteiger partial charge in [0.25, 0.3) is 0 Å². The highest BCUT2D eigenvalue weighted by molar-refractivity contribution is 6.31. The van der Waals surface area contributed by atoms with Crippen LogP contribution in [0.4, 0.5) is 0 Å². The van der Waals surface area contributed by atoms with Gasteiger partial charge in [0.05, 0.1) is 16.7 Å². The topological polar surface area (TPSA) is 57.9 Å². The van der Waals surface area contributed by atoms with Crippen molar-refractivity contribution in [2.24, 2.45) is 5.92 Å². The number of hydrogen-bond donors (Lipinski definition) is 2. The van der Waals surface area contributed by atoms with E-state index in [0.717, 1.165) is 59.6 Å². The van der Waals surface area contributed by atoms with Crippen LogP contribution in [0.2, 0.25) is 5.02 Å². The molecule has 6 heteroatoms. The Hall–Kier alpha value is -2.99. The first-order chi connectivity index (χ1) is 19.0. The summed E-state index contributed by atoms with van der Waals surface area (Å²) in [7, 11) is 0. The highest BCUT2D eigenvalue weighted by Gasteiger charge is 2.73. The molecule has 2 fully saturated rings. The lowest BCUT2D eigenvalue weighted by Gasteiger charge is -2.63. The van der Waals surface area contributed by atoms with Crippen molar-refractivity contribution >= 4 is 22.5 Å². The van der Waals surface area contributed by atoms with Crippen molar-refractivity contribution in [3.05, 3.63) is 93.6 Å². The number of phenols is 1. The van der Waals surface area contributed by atoms with Gasteiger partial charge in [-0.25, -0.2) is 0 Å². The van der Waals surface area contributed by atoms with Crippen molar-refractivity contribution in [3.8, 4) is 11.5 Å². The number of hydrogen-bond acceptors (Lipinski definition) is 4. The second-order valence-electron chi connectivity index (χ2n) is 12.5. The van der Waals surface area contributed by atoms with Crippen molar-refractivity contribution in [2.45, 2.75) is 61.8 Å². The van der Waals surface area contributed by atoms with E-state index in [4.69, 9.17) is 16.3 Å². The maximum absolute atomic E-state index is 13.1. The Morgan fingerprint density at radius 3 is 2.72 bits per heavy atom. The molecule has 9 rings (SSSR count). The average Bonchev–Trinajstić information content (AvgIpc) is 3.61. The van der Waals surface area contributed by atoms with Crippen molar-refractivity contribution in [1.29, 1.82) is 0 Å². The third-order valence-corrected chi connectivity index (χ3v) is 10.8. The number of piperidine rings is 1. The van der Waals surface area contributed by atoms with Crippen LogP contribution < -0.4 is 4.74 Å². The molecule has 1 saturated heterocycles. The maximum Gasteiger partial charge on any atom is 0.166 e. The molecular weight excluding hydrogens is 508 g/mol. The summed E-state index contributed by atoms with van der Waals surface area (Å²) < 4.78 is 9.27. The van der Waals surface area contributed by atoms with Gasteiger partial charge in [-0.2, -0.15) is 0 Å². The highest BCUT2D eigenvalue weighted by atomic mass is 35.5. The third kappa shape index (κ3) is 2.83. The second kappa shape index (κ2) is 7.60. The Labute approximate surface area is 232 Å². The quantitative estimate of drug-likeness (QED) is 0.347. The molecule has 4 atom stereocenters. The van der Waals surface area contributed by atoms with Crippen molar-refractivity contribution in [2.75, 3.05) is 13.1 Å². The smallest absolute Gasteiger partial charge is 0.166 e. The van der Waals surface area contributed by atoms with Crippen LogP contribution in [-0.4, -0.2) is 44.4 Å². The lowest BCUT2D eigenvalue weighted by atomic mass is 9.49. The number of likely N-dealkylation sites (tertiary alicyclic amines) is 1. The van der Waals surface area contributed by atoms with Gasteiger partial charge in [0, 0.05) is 47.0 Å². The number of aromatic hydroxyl groups is 1. The summed E-state index contributed by atoms with van der Waals surface area (Å²) in [6.07, 6.45) is 4.36. The van der Waals surface area contributed by atoms with Crippen LogP contribution >= 0.6 is 11.6 Å². The zero-order chi connectivity index (χ0) is 26.1. The van der Waals surface area contributed by atoms with Crippen molar-refractivity contribution in [1.82, 2.24) is 9.47 Å². The first-order valence-electron chi connectivity index (χ1n) is 14.3. The van der Waals surface area contributed by atoms with E-state index in [-0.39, 0.29) is 17.9 Å². The molecular formula is C33H31ClN2O3. The van der Waals surface area contributed by atoms with Crippen LogP contribution in [0, 0.1) is 5.92 Å². The summed E-state index contributed by atoms with van der Waals surface area (Å²) in [5.41, 5.74) is 5.26.